The molecule has 2 rings (SSSR count). The van der Waals surface area contributed by atoms with Gasteiger partial charge < -0.3 is 11.1 Å². The molecule has 1 aliphatic heterocycles. The summed E-state index contributed by atoms with van der Waals surface area (Å²) >= 11 is 3.35. The molecule has 80 valence electrons. The third-order valence-corrected chi connectivity index (χ3v) is 3.27. The van der Waals surface area contributed by atoms with Gasteiger partial charge in [-0.25, -0.2) is 0 Å². The number of hydrogen-bond donors (Lipinski definition) is 2. The molecule has 3 N–H and O–H groups in total. The summed E-state index contributed by atoms with van der Waals surface area (Å²) in [7, 11) is 0. The van der Waals surface area contributed by atoms with Gasteiger partial charge in [0.15, 0.2) is 0 Å². The van der Waals surface area contributed by atoms with Crippen molar-refractivity contribution in [1.29, 1.82) is 0 Å². The van der Waals surface area contributed by atoms with E-state index in [1.807, 2.05) is 0 Å². The fraction of sp³-hybridized carbons (Fsp3) is 0.333. The Morgan fingerprint density at radius 3 is 2.93 bits per heavy atom. The van der Waals surface area contributed by atoms with E-state index < -0.39 is 4.92 Å². The summed E-state index contributed by atoms with van der Waals surface area (Å²) in [6.07, 6.45) is 0.845. The van der Waals surface area contributed by atoms with E-state index in [1.54, 1.807) is 0 Å². The lowest BCUT2D eigenvalue weighted by Gasteiger charge is -2.20. The number of fused-ring (bicyclic) bond motifs is 1. The first-order valence-electron chi connectivity index (χ1n) is 4.56. The van der Waals surface area contributed by atoms with Crippen LogP contribution in [0.5, 0.6) is 0 Å². The van der Waals surface area contributed by atoms with Crippen molar-refractivity contribution in [2.24, 2.45) is 0 Å². The second kappa shape index (κ2) is 3.79. The third kappa shape index (κ3) is 1.70. The molecule has 0 atom stereocenters. The van der Waals surface area contributed by atoms with Gasteiger partial charge in [-0.15, -0.1) is 0 Å². The normalized spacial score (nSPS) is 14.7. The first-order chi connectivity index (χ1) is 7.11. The van der Waals surface area contributed by atoms with Gasteiger partial charge in [-0.2, -0.15) is 0 Å². The average Bonchev–Trinajstić information content (AvgIpc) is 2.23. The Labute approximate surface area is 94.9 Å². The van der Waals surface area contributed by atoms with Crippen LogP contribution in [0.4, 0.5) is 11.4 Å². The van der Waals surface area contributed by atoms with Crippen LogP contribution in [-0.4, -0.2) is 11.5 Å². The maximum atomic E-state index is 10.7. The fourth-order valence-electron chi connectivity index (χ4n) is 1.80. The van der Waals surface area contributed by atoms with E-state index >= 15 is 0 Å². The molecular weight excluding hydrogens is 262 g/mol. The maximum Gasteiger partial charge on any atom is 0.293 e. The number of halogens is 1. The molecule has 0 fully saturated rings. The molecule has 0 amide bonds. The highest BCUT2D eigenvalue weighted by Gasteiger charge is 2.22. The molecule has 0 aliphatic carbocycles. The van der Waals surface area contributed by atoms with Gasteiger partial charge in [0, 0.05) is 22.6 Å². The topological polar surface area (TPSA) is 81.2 Å². The van der Waals surface area contributed by atoms with Gasteiger partial charge in [-0.3, -0.25) is 10.1 Å². The summed E-state index contributed by atoms with van der Waals surface area (Å²) in [5.74, 6) is 0. The van der Waals surface area contributed by atoms with Gasteiger partial charge in [-0.1, -0.05) is 15.9 Å². The molecule has 0 unspecified atom stereocenters. The van der Waals surface area contributed by atoms with Crippen molar-refractivity contribution in [2.45, 2.75) is 13.0 Å². The molecule has 0 saturated heterocycles. The summed E-state index contributed by atoms with van der Waals surface area (Å²) in [5.41, 5.74) is 7.96. The lowest BCUT2D eigenvalue weighted by molar-refractivity contribution is -0.384. The largest absolute Gasteiger partial charge is 0.393 e. The number of nitrogens with zero attached hydrogens (tertiary/aromatic N) is 1. The van der Waals surface area contributed by atoms with Gasteiger partial charge in [-0.05, 0) is 18.5 Å². The molecule has 1 heterocycles. The number of nitrogens with two attached hydrogens (primary N) is 1. The fourth-order valence-corrected chi connectivity index (χ4v) is 2.45. The Bertz CT molecular complexity index is 434. The van der Waals surface area contributed by atoms with Crippen LogP contribution in [0.3, 0.4) is 0 Å². The predicted molar refractivity (Wildman–Crippen MR) is 60.6 cm³/mol. The molecule has 1 aromatic rings. The Morgan fingerprint density at radius 1 is 1.53 bits per heavy atom. The van der Waals surface area contributed by atoms with E-state index in [0.29, 0.717) is 6.54 Å². The van der Waals surface area contributed by atoms with Crippen LogP contribution in [0, 0.1) is 10.1 Å². The zero-order valence-electron chi connectivity index (χ0n) is 7.92. The second-order valence-corrected chi connectivity index (χ2v) is 4.29. The van der Waals surface area contributed by atoms with Gasteiger partial charge in [0.25, 0.3) is 5.69 Å². The number of anilines is 1. The van der Waals surface area contributed by atoms with Crippen molar-refractivity contribution in [3.63, 3.8) is 0 Å². The van der Waals surface area contributed by atoms with Crippen LogP contribution in [0.25, 0.3) is 0 Å². The number of nitrogen functional groups attached to an aromatic ring is 1. The van der Waals surface area contributed by atoms with E-state index in [1.165, 1.54) is 6.07 Å². The van der Waals surface area contributed by atoms with Crippen LogP contribution in [0.1, 0.15) is 11.1 Å². The van der Waals surface area contributed by atoms with Crippen molar-refractivity contribution < 1.29 is 4.92 Å². The minimum absolute atomic E-state index is 0.0238. The molecule has 0 radical (unpaired) electrons. The number of hydrogen-bond acceptors (Lipinski definition) is 4. The lowest BCUT2D eigenvalue weighted by atomic mass is 9.98. The molecular formula is C9H10BrN3O2. The Balaban J connectivity index is 2.64. The van der Waals surface area contributed by atoms with Gasteiger partial charge in [0.05, 0.1) is 4.92 Å². The van der Waals surface area contributed by atoms with E-state index in [-0.39, 0.29) is 11.4 Å². The monoisotopic (exact) mass is 271 g/mol. The lowest BCUT2D eigenvalue weighted by Crippen LogP contribution is -2.25. The van der Waals surface area contributed by atoms with Crippen molar-refractivity contribution in [3.8, 4) is 0 Å². The molecule has 1 aromatic carbocycles. The maximum absolute atomic E-state index is 10.7. The van der Waals surface area contributed by atoms with Crippen LogP contribution in [-0.2, 0) is 13.0 Å². The van der Waals surface area contributed by atoms with Crippen molar-refractivity contribution in [2.75, 3.05) is 12.3 Å². The van der Waals surface area contributed by atoms with Gasteiger partial charge in [0.1, 0.15) is 5.69 Å². The van der Waals surface area contributed by atoms with Gasteiger partial charge >= 0.3 is 0 Å². The predicted octanol–water partition coefficient (Wildman–Crippen LogP) is 1.59. The number of nitro groups is 1. The molecule has 0 saturated carbocycles. The summed E-state index contributed by atoms with van der Waals surface area (Å²) in [6, 6.07) is 1.49. The molecule has 0 bridgehead atoms. The molecule has 5 nitrogen and oxygen atoms in total. The average molecular weight is 272 g/mol. The molecule has 0 spiro atoms. The van der Waals surface area contributed by atoms with E-state index in [0.717, 1.165) is 28.6 Å². The quantitative estimate of drug-likeness (QED) is 0.462. The molecule has 0 aromatic heterocycles. The van der Waals surface area contributed by atoms with Crippen LogP contribution < -0.4 is 11.1 Å². The van der Waals surface area contributed by atoms with Crippen LogP contribution >= 0.6 is 15.9 Å². The Hall–Kier alpha value is -1.14. The minimum atomic E-state index is -0.449. The smallest absolute Gasteiger partial charge is 0.293 e. The molecule has 15 heavy (non-hydrogen) atoms. The number of nitrogens with one attached hydrogen (secondary N) is 1. The van der Waals surface area contributed by atoms with E-state index in [9.17, 15) is 10.1 Å². The van der Waals surface area contributed by atoms with E-state index in [2.05, 4.69) is 21.2 Å². The first kappa shape index (κ1) is 10.4. The van der Waals surface area contributed by atoms with Crippen LogP contribution in [0.15, 0.2) is 10.5 Å². The SMILES string of the molecule is Nc1c([N+](=O)[O-])cc(Br)c2c1CNCC2. The highest BCUT2D eigenvalue weighted by Crippen LogP contribution is 2.35. The number of benzene rings is 1. The van der Waals surface area contributed by atoms with Crippen molar-refractivity contribution in [3.05, 3.63) is 31.8 Å². The zero-order valence-corrected chi connectivity index (χ0v) is 9.50. The number of nitro benzene ring substituents is 1. The zero-order chi connectivity index (χ0) is 11.0. The summed E-state index contributed by atoms with van der Waals surface area (Å²) in [5, 5.41) is 13.9. The third-order valence-electron chi connectivity index (χ3n) is 2.57. The highest BCUT2D eigenvalue weighted by atomic mass is 79.9. The molecule has 6 heteroatoms. The number of rotatable bonds is 1. The van der Waals surface area contributed by atoms with E-state index in [4.69, 9.17) is 5.73 Å². The molecule has 1 aliphatic rings. The minimum Gasteiger partial charge on any atom is -0.393 e. The highest BCUT2D eigenvalue weighted by molar-refractivity contribution is 9.10. The van der Waals surface area contributed by atoms with Crippen molar-refractivity contribution in [1.82, 2.24) is 5.32 Å². The standard InChI is InChI=1S/C9H10BrN3O2/c10-7-3-8(13(14)15)9(11)6-4-12-2-1-5(6)7/h3,12H,1-2,4,11H2. The Morgan fingerprint density at radius 2 is 2.27 bits per heavy atom. The van der Waals surface area contributed by atoms with Crippen molar-refractivity contribution >= 4 is 27.3 Å². The summed E-state index contributed by atoms with van der Waals surface area (Å²) < 4.78 is 0.778. The summed E-state index contributed by atoms with van der Waals surface area (Å²) in [6.45, 7) is 1.48. The summed E-state index contributed by atoms with van der Waals surface area (Å²) in [4.78, 5) is 10.3. The first-order valence-corrected chi connectivity index (χ1v) is 5.35. The second-order valence-electron chi connectivity index (χ2n) is 3.43. The Kier molecular flexibility index (Phi) is 2.62. The van der Waals surface area contributed by atoms with Crippen LogP contribution in [0.2, 0.25) is 0 Å². The van der Waals surface area contributed by atoms with Gasteiger partial charge in [0.2, 0.25) is 0 Å².